The van der Waals surface area contributed by atoms with Crippen LogP contribution in [0.3, 0.4) is 0 Å². The minimum atomic E-state index is -0.333. The van der Waals surface area contributed by atoms with Crippen molar-refractivity contribution in [2.45, 2.75) is 350 Å². The molecule has 10 fully saturated rings. The summed E-state index contributed by atoms with van der Waals surface area (Å²) in [5.41, 5.74) is 0. The van der Waals surface area contributed by atoms with E-state index in [0.717, 1.165) is 175 Å². The maximum atomic E-state index is 10.4. The molecule has 1 N–H and O–H groups in total. The molecule has 10 rings (SSSR count). The molecule has 17 heteroatoms. The second-order valence-corrected chi connectivity index (χ2v) is 26.8. The molecule has 0 bridgehead atoms. The average molecular weight is 1300 g/mol. The van der Waals surface area contributed by atoms with Gasteiger partial charge in [-0.2, -0.15) is 0 Å². The van der Waals surface area contributed by atoms with Crippen LogP contribution in [-0.4, -0.2) is 188 Å². The Morgan fingerprint density at radius 3 is 1.12 bits per heavy atom. The van der Waals surface area contributed by atoms with E-state index in [4.69, 9.17) is 61.6 Å². The third kappa shape index (κ3) is 48.7. The van der Waals surface area contributed by atoms with Crippen molar-refractivity contribution in [1.82, 2.24) is 4.90 Å². The Morgan fingerprint density at radius 2 is 0.791 bits per heavy atom. The van der Waals surface area contributed by atoms with Crippen molar-refractivity contribution in [3.05, 3.63) is 0 Å². The lowest BCUT2D eigenvalue weighted by molar-refractivity contribution is -0.142. The molecule has 1 aliphatic carbocycles. The van der Waals surface area contributed by atoms with Crippen LogP contribution >= 0.6 is 0 Å². The summed E-state index contributed by atoms with van der Waals surface area (Å²) in [5.74, 6) is 1.17. The summed E-state index contributed by atoms with van der Waals surface area (Å²) in [5, 5.41) is 9.20. The zero-order valence-electron chi connectivity index (χ0n) is 61.3. The topological polar surface area (TPSA) is 178 Å². The van der Waals surface area contributed by atoms with Crippen LogP contribution in [0, 0.1) is 11.8 Å². The number of cyclic esters (lactones) is 2. The number of esters is 2. The molecule has 7 atom stereocenters. The van der Waals surface area contributed by atoms with Gasteiger partial charge in [-0.25, -0.2) is 0 Å². The molecule has 1 unspecified atom stereocenters. The molecule has 0 spiro atoms. The fraction of sp³-hybridized carbons (Fsp3) is 0.973. The summed E-state index contributed by atoms with van der Waals surface area (Å²) in [6, 6.07) is 0. The van der Waals surface area contributed by atoms with E-state index in [1.54, 1.807) is 0 Å². The van der Waals surface area contributed by atoms with Crippen molar-refractivity contribution in [1.29, 1.82) is 0 Å². The van der Waals surface area contributed by atoms with Gasteiger partial charge in [0.2, 0.25) is 0 Å². The number of morpholine rings is 1. The molecule has 0 aromatic carbocycles. The first-order chi connectivity index (χ1) is 43.9. The first-order valence-electron chi connectivity index (χ1n) is 37.5. The van der Waals surface area contributed by atoms with Crippen molar-refractivity contribution in [2.75, 3.05) is 106 Å². The molecule has 1 saturated carbocycles. The minimum Gasteiger partial charge on any atom is -0.462 e. The first-order valence-corrected chi connectivity index (χ1v) is 37.5. The minimum absolute atomic E-state index is 0.0214. The van der Waals surface area contributed by atoms with E-state index in [9.17, 15) is 14.7 Å². The van der Waals surface area contributed by atoms with Crippen molar-refractivity contribution in [2.24, 2.45) is 11.8 Å². The Morgan fingerprint density at radius 1 is 0.385 bits per heavy atom. The van der Waals surface area contributed by atoms with Crippen molar-refractivity contribution in [3.8, 4) is 0 Å². The van der Waals surface area contributed by atoms with Gasteiger partial charge < -0.3 is 66.7 Å². The molecule has 542 valence electrons. The van der Waals surface area contributed by atoms with Gasteiger partial charge in [0, 0.05) is 45.8 Å². The van der Waals surface area contributed by atoms with E-state index >= 15 is 0 Å². The zero-order valence-corrected chi connectivity index (χ0v) is 61.3. The Labute approximate surface area is 558 Å². The predicted octanol–water partition coefficient (Wildman–Crippen LogP) is 16.1. The van der Waals surface area contributed by atoms with E-state index in [2.05, 4.69) is 60.3 Å². The van der Waals surface area contributed by atoms with Crippen LogP contribution in [0.15, 0.2) is 0 Å². The maximum Gasteiger partial charge on any atom is 0.306 e. The number of carbonyl (C=O) groups excluding carboxylic acids is 2. The molecule has 91 heavy (non-hydrogen) atoms. The third-order valence-electron chi connectivity index (χ3n) is 17.3. The monoisotopic (exact) mass is 1300 g/mol. The van der Waals surface area contributed by atoms with Crippen LogP contribution in [0.1, 0.15) is 290 Å². The summed E-state index contributed by atoms with van der Waals surface area (Å²) >= 11 is 0. The number of carbonyl (C=O) groups is 2. The van der Waals surface area contributed by atoms with Crippen LogP contribution < -0.4 is 0 Å². The predicted molar refractivity (Wildman–Crippen MR) is 367 cm³/mol. The second kappa shape index (κ2) is 57.5. The number of aliphatic hydroxyl groups is 1. The molecular formula is C74H145NO16. The van der Waals surface area contributed by atoms with Crippen LogP contribution in [0.25, 0.3) is 0 Å². The van der Waals surface area contributed by atoms with Crippen LogP contribution in [-0.2, 0) is 71.2 Å². The molecule has 10 aliphatic rings. The number of hydrogen-bond acceptors (Lipinski definition) is 17. The quantitative estimate of drug-likeness (QED) is 0.128. The van der Waals surface area contributed by atoms with Gasteiger partial charge in [-0.15, -0.1) is 0 Å². The largest absolute Gasteiger partial charge is 0.462 e. The number of aliphatic hydroxyl groups excluding tert-OH is 1. The molecule has 9 heterocycles. The standard InChI is InChI=1S/C9H18O.2C8H16O2.2C8H16O.C7H15NO.2C7H14O2.2C6H10O2/c1-2-3-8-4-6-9(10)7-5-8;2*1-4-5-7-6-9-8(2,3)10-7;1-2-5-8-6-3-4-7-9-8;2*1-2-3-8-4-6-9-7-5-8;2*1-2-3-7-6-8-4-5-9-7;2*1-2-5-3-4-6(7)8-5/h8-10H,2-7H2,1H3;2*7H,4-6H2,1-3H3;2*8H,2-7H2,1H3;2-7H2,1H3;2*7H,2-6H2,1H3;2*5H,2-4H2,1H3/t;2*7-;;;;2*7-;2*5-/m.10...1010/s1. The fourth-order valence-corrected chi connectivity index (χ4v) is 12.0. The molecule has 0 aromatic rings. The number of nitrogens with zero attached hydrogens (tertiary/aromatic N) is 1. The van der Waals surface area contributed by atoms with Crippen molar-refractivity contribution >= 4 is 11.9 Å². The highest BCUT2D eigenvalue weighted by Gasteiger charge is 2.33. The van der Waals surface area contributed by atoms with E-state index < -0.39 is 0 Å². The van der Waals surface area contributed by atoms with Gasteiger partial charge in [-0.1, -0.05) is 127 Å². The smallest absolute Gasteiger partial charge is 0.306 e. The molecule has 0 aromatic heterocycles. The second-order valence-electron chi connectivity index (χ2n) is 26.8. The van der Waals surface area contributed by atoms with Gasteiger partial charge in [-0.3, -0.25) is 14.5 Å². The summed E-state index contributed by atoms with van der Waals surface area (Å²) in [7, 11) is 0. The van der Waals surface area contributed by atoms with Gasteiger partial charge in [0.25, 0.3) is 0 Å². The Hall–Kier alpha value is -1.58. The van der Waals surface area contributed by atoms with Crippen molar-refractivity contribution in [3.63, 3.8) is 0 Å². The highest BCUT2D eigenvalue weighted by molar-refractivity contribution is 5.71. The van der Waals surface area contributed by atoms with E-state index in [0.29, 0.717) is 43.4 Å². The molecule has 9 aliphatic heterocycles. The molecule has 9 saturated heterocycles. The third-order valence-corrected chi connectivity index (χ3v) is 17.3. The Kier molecular flexibility index (Phi) is 55.2. The SMILES string of the molecule is CCCC1CCC(O)CC1.CCCC1CCCCO1.CCCC1CCOCC1.CCCN1CCOCC1.CCC[C@@H]1COC(C)(C)O1.CCC[C@@H]1COCCO1.CCC[C@H]1COC(C)(C)O1.CCC[C@H]1COCCO1.CC[C@@H]1CCC(=O)O1.CC[C@H]1CCC(=O)O1. The maximum absolute atomic E-state index is 10.4. The lowest BCUT2D eigenvalue weighted by atomic mass is 9.85. The van der Waals surface area contributed by atoms with Gasteiger partial charge in [0.05, 0.1) is 103 Å². The lowest BCUT2D eigenvalue weighted by Crippen LogP contribution is -2.36. The van der Waals surface area contributed by atoms with E-state index in [1.165, 1.54) is 122 Å². The molecule has 0 radical (unpaired) electrons. The zero-order chi connectivity index (χ0) is 67.2. The summed E-state index contributed by atoms with van der Waals surface area (Å²) in [6.45, 7) is 44.1. The van der Waals surface area contributed by atoms with Gasteiger partial charge in [-0.05, 0) is 168 Å². The van der Waals surface area contributed by atoms with Crippen molar-refractivity contribution < 1.29 is 76.3 Å². The molecule has 0 amide bonds. The first kappa shape index (κ1) is 87.4. The Balaban J connectivity index is 0.000000506. The summed E-state index contributed by atoms with van der Waals surface area (Å²) in [4.78, 5) is 23.2. The highest BCUT2D eigenvalue weighted by Crippen LogP contribution is 2.28. The van der Waals surface area contributed by atoms with E-state index in [-0.39, 0.29) is 41.8 Å². The molecular weight excluding hydrogens is 1160 g/mol. The van der Waals surface area contributed by atoms with Crippen LogP contribution in [0.2, 0.25) is 0 Å². The number of ether oxygens (including phenoxy) is 13. The lowest BCUT2D eigenvalue weighted by Gasteiger charge is -2.25. The summed E-state index contributed by atoms with van der Waals surface area (Å²) < 4.78 is 68.8. The van der Waals surface area contributed by atoms with Gasteiger partial charge in [0.1, 0.15) is 12.2 Å². The highest BCUT2D eigenvalue weighted by atomic mass is 16.7. The normalized spacial score (nSPS) is 28.3. The van der Waals surface area contributed by atoms with Crippen LogP contribution in [0.4, 0.5) is 0 Å². The number of rotatable bonds is 18. The van der Waals surface area contributed by atoms with Gasteiger partial charge >= 0.3 is 11.9 Å². The number of hydrogen-bond donors (Lipinski definition) is 1. The van der Waals surface area contributed by atoms with Gasteiger partial charge in [0.15, 0.2) is 11.6 Å². The van der Waals surface area contributed by atoms with E-state index in [1.807, 2.05) is 41.5 Å². The Bertz CT molecular complexity index is 1420. The average Bonchev–Trinajstić information content (AvgIpc) is 3.65. The van der Waals surface area contributed by atoms with Crippen LogP contribution in [0.5, 0.6) is 0 Å². The fourth-order valence-electron chi connectivity index (χ4n) is 12.0. The summed E-state index contributed by atoms with van der Waals surface area (Å²) in [6.07, 6.45) is 37.1. The molecule has 17 nitrogen and oxygen atoms in total.